The summed E-state index contributed by atoms with van der Waals surface area (Å²) >= 11 is 0. The van der Waals surface area contributed by atoms with E-state index in [1.165, 1.54) is 12.1 Å². The van der Waals surface area contributed by atoms with Crippen LogP contribution < -0.4 is 11.1 Å². The van der Waals surface area contributed by atoms with Crippen molar-refractivity contribution in [2.24, 2.45) is 0 Å². The van der Waals surface area contributed by atoms with E-state index in [1.54, 1.807) is 24.1 Å². The van der Waals surface area contributed by atoms with Gasteiger partial charge in [-0.05, 0) is 37.0 Å². The zero-order valence-corrected chi connectivity index (χ0v) is 20.0. The van der Waals surface area contributed by atoms with Crippen LogP contribution in [0.15, 0.2) is 54.7 Å². The van der Waals surface area contributed by atoms with Gasteiger partial charge >= 0.3 is 0 Å². The molecule has 3 N–H and O–H groups in total. The van der Waals surface area contributed by atoms with Gasteiger partial charge in [-0.1, -0.05) is 43.3 Å². The fourth-order valence-electron chi connectivity index (χ4n) is 4.51. The van der Waals surface area contributed by atoms with Gasteiger partial charge in [-0.2, -0.15) is 0 Å². The molecular weight excluding hydrogens is 445 g/mol. The van der Waals surface area contributed by atoms with Crippen LogP contribution in [-0.4, -0.2) is 39.8 Å². The van der Waals surface area contributed by atoms with Gasteiger partial charge in [0.25, 0.3) is 5.91 Å². The zero-order chi connectivity index (χ0) is 24.9. The predicted molar refractivity (Wildman–Crippen MR) is 133 cm³/mol. The number of rotatable bonds is 6. The van der Waals surface area contributed by atoms with Crippen molar-refractivity contribution in [2.45, 2.75) is 45.1 Å². The van der Waals surface area contributed by atoms with Gasteiger partial charge in [-0.25, -0.2) is 14.4 Å². The minimum absolute atomic E-state index is 0.0341. The van der Waals surface area contributed by atoms with Crippen molar-refractivity contribution in [2.75, 3.05) is 18.8 Å². The molecule has 0 spiro atoms. The quantitative estimate of drug-likeness (QED) is 0.548. The summed E-state index contributed by atoms with van der Waals surface area (Å²) in [5.41, 5.74) is 8.53. The predicted octanol–water partition coefficient (Wildman–Crippen LogP) is 4.47. The number of nitrogens with two attached hydrogens (primary N) is 1. The summed E-state index contributed by atoms with van der Waals surface area (Å²) in [5.74, 6) is -0.885. The fraction of sp³-hybridized carbons (Fsp3) is 0.333. The number of likely N-dealkylation sites (tertiary alicyclic amines) is 1. The summed E-state index contributed by atoms with van der Waals surface area (Å²) in [6, 6.07) is 13.7. The smallest absolute Gasteiger partial charge is 0.254 e. The van der Waals surface area contributed by atoms with E-state index in [9.17, 15) is 9.59 Å². The summed E-state index contributed by atoms with van der Waals surface area (Å²) in [6.45, 7) is 4.83. The Morgan fingerprint density at radius 1 is 1.23 bits per heavy atom. The molecule has 35 heavy (non-hydrogen) atoms. The number of aromatic nitrogens is 2. The van der Waals surface area contributed by atoms with Crippen LogP contribution in [0.3, 0.4) is 0 Å². The van der Waals surface area contributed by atoms with Crippen LogP contribution in [0.4, 0.5) is 10.2 Å². The summed E-state index contributed by atoms with van der Waals surface area (Å²) in [7, 11) is 0. The van der Waals surface area contributed by atoms with Crippen molar-refractivity contribution >= 4 is 17.6 Å². The molecule has 1 fully saturated rings. The maximum Gasteiger partial charge on any atom is 0.254 e. The number of carbonyl (C=O) groups is 2. The average Bonchev–Trinajstić information content (AvgIpc) is 2.88. The normalized spacial score (nSPS) is 16.5. The highest BCUT2D eigenvalue weighted by Gasteiger charge is 2.25. The molecule has 1 unspecified atom stereocenters. The Bertz CT molecular complexity index is 1220. The molecule has 2 heterocycles. The van der Waals surface area contributed by atoms with Gasteiger partial charge in [0.05, 0.1) is 23.5 Å². The second-order valence-electron chi connectivity index (χ2n) is 8.87. The Balaban J connectivity index is 1.56. The number of piperidine rings is 1. The molecule has 1 aromatic heterocycles. The summed E-state index contributed by atoms with van der Waals surface area (Å²) in [6.07, 6.45) is 4.07. The molecule has 1 aliphatic rings. The number of nitrogen functional groups attached to an aromatic ring is 1. The van der Waals surface area contributed by atoms with Gasteiger partial charge < -0.3 is 16.0 Å². The number of amides is 2. The zero-order valence-electron chi connectivity index (χ0n) is 20.0. The van der Waals surface area contributed by atoms with Crippen molar-refractivity contribution in [1.82, 2.24) is 20.2 Å². The third kappa shape index (κ3) is 5.48. The van der Waals surface area contributed by atoms with Crippen molar-refractivity contribution in [3.8, 4) is 11.3 Å². The number of carbonyl (C=O) groups excluding carboxylic acids is 2. The Hall–Kier alpha value is -3.81. The average molecular weight is 476 g/mol. The van der Waals surface area contributed by atoms with Gasteiger partial charge in [0, 0.05) is 31.5 Å². The second-order valence-corrected chi connectivity index (χ2v) is 8.87. The van der Waals surface area contributed by atoms with Crippen LogP contribution in [0.1, 0.15) is 66.7 Å². The Kier molecular flexibility index (Phi) is 7.39. The van der Waals surface area contributed by atoms with Crippen LogP contribution in [0, 0.1) is 5.82 Å². The fourth-order valence-corrected chi connectivity index (χ4v) is 4.51. The molecule has 0 bridgehead atoms. The highest BCUT2D eigenvalue weighted by Crippen LogP contribution is 2.30. The highest BCUT2D eigenvalue weighted by molar-refractivity contribution is 5.95. The van der Waals surface area contributed by atoms with Crippen LogP contribution >= 0.6 is 0 Å². The van der Waals surface area contributed by atoms with E-state index in [-0.39, 0.29) is 29.2 Å². The van der Waals surface area contributed by atoms with Crippen LogP contribution in [0.5, 0.6) is 0 Å². The van der Waals surface area contributed by atoms with Crippen molar-refractivity contribution in [3.63, 3.8) is 0 Å². The number of benzene rings is 2. The first-order valence-corrected chi connectivity index (χ1v) is 11.9. The lowest BCUT2D eigenvalue weighted by Crippen LogP contribution is -2.37. The number of nitrogens with zero attached hydrogens (tertiary/aromatic N) is 3. The number of anilines is 1. The molecule has 0 aliphatic carbocycles. The molecule has 2 aromatic carbocycles. The van der Waals surface area contributed by atoms with E-state index >= 15 is 4.39 Å². The number of nitrogens with one attached hydrogen (secondary N) is 1. The first-order chi connectivity index (χ1) is 16.9. The standard InChI is InChI=1S/C27H30FN5O2/c1-3-23(18-8-5-4-6-9-18)32-27(35)21-12-11-19(14-22(21)28)25-26(29)30-15-24(31-25)20-10-7-13-33(16-20)17(2)34/h4-6,8-9,11-12,14-15,20,23H,3,7,10,13,16H2,1-2H3,(H2,29,30)(H,32,35)/t20?,23-/m1/s1. The van der Waals surface area contributed by atoms with Crippen LogP contribution in [0.25, 0.3) is 11.3 Å². The Labute approximate surface area is 204 Å². The van der Waals surface area contributed by atoms with Gasteiger partial charge in [0.1, 0.15) is 17.3 Å². The van der Waals surface area contributed by atoms with E-state index in [0.29, 0.717) is 24.2 Å². The van der Waals surface area contributed by atoms with Crippen LogP contribution in [-0.2, 0) is 4.79 Å². The molecule has 2 atom stereocenters. The maximum atomic E-state index is 15.1. The van der Waals surface area contributed by atoms with Crippen LogP contribution in [0.2, 0.25) is 0 Å². The first-order valence-electron chi connectivity index (χ1n) is 11.9. The molecule has 0 radical (unpaired) electrons. The number of hydrogen-bond acceptors (Lipinski definition) is 5. The van der Waals surface area contributed by atoms with Gasteiger partial charge in [-0.3, -0.25) is 9.59 Å². The third-order valence-corrected chi connectivity index (χ3v) is 6.51. The van der Waals surface area contributed by atoms with Gasteiger partial charge in [-0.15, -0.1) is 0 Å². The van der Waals surface area contributed by atoms with E-state index in [2.05, 4.69) is 15.3 Å². The molecule has 1 aliphatic heterocycles. The minimum atomic E-state index is -0.657. The Morgan fingerprint density at radius 3 is 2.69 bits per heavy atom. The van der Waals surface area contributed by atoms with E-state index in [1.807, 2.05) is 37.3 Å². The molecule has 7 nitrogen and oxygen atoms in total. The maximum absolute atomic E-state index is 15.1. The SMILES string of the molecule is CC[C@@H](NC(=O)c1ccc(-c2nc(C3CCCN(C(C)=O)C3)cnc2N)cc1F)c1ccccc1. The van der Waals surface area contributed by atoms with Crippen molar-refractivity contribution in [1.29, 1.82) is 0 Å². The van der Waals surface area contributed by atoms with E-state index < -0.39 is 11.7 Å². The topological polar surface area (TPSA) is 101 Å². The summed E-state index contributed by atoms with van der Waals surface area (Å²) < 4.78 is 15.1. The summed E-state index contributed by atoms with van der Waals surface area (Å²) in [5, 5.41) is 2.91. The molecular formula is C27H30FN5O2. The van der Waals surface area contributed by atoms with Crippen molar-refractivity contribution < 1.29 is 14.0 Å². The Morgan fingerprint density at radius 2 is 2.00 bits per heavy atom. The third-order valence-electron chi connectivity index (χ3n) is 6.51. The largest absolute Gasteiger partial charge is 0.382 e. The highest BCUT2D eigenvalue weighted by atomic mass is 19.1. The second kappa shape index (κ2) is 10.6. The lowest BCUT2D eigenvalue weighted by molar-refractivity contribution is -0.130. The molecule has 1 saturated heterocycles. The van der Waals surface area contributed by atoms with E-state index in [4.69, 9.17) is 5.73 Å². The molecule has 0 saturated carbocycles. The number of halogens is 1. The monoisotopic (exact) mass is 475 g/mol. The van der Waals surface area contributed by atoms with Gasteiger partial charge in [0.2, 0.25) is 5.91 Å². The van der Waals surface area contributed by atoms with E-state index in [0.717, 1.165) is 30.6 Å². The molecule has 8 heteroatoms. The van der Waals surface area contributed by atoms with Crippen molar-refractivity contribution in [3.05, 3.63) is 77.4 Å². The lowest BCUT2D eigenvalue weighted by atomic mass is 9.94. The first kappa shape index (κ1) is 24.3. The van der Waals surface area contributed by atoms with Gasteiger partial charge in [0.15, 0.2) is 0 Å². The number of hydrogen-bond donors (Lipinski definition) is 2. The molecule has 3 aromatic rings. The minimum Gasteiger partial charge on any atom is -0.382 e. The summed E-state index contributed by atoms with van der Waals surface area (Å²) in [4.78, 5) is 35.4. The molecule has 182 valence electrons. The molecule has 2 amide bonds. The molecule has 4 rings (SSSR count). The lowest BCUT2D eigenvalue weighted by Gasteiger charge is -2.31.